The molecule has 1 N–H and O–H groups in total. The molecule has 1 heterocycles. The average molecular weight is 257 g/mol. The number of ketones is 1. The summed E-state index contributed by atoms with van der Waals surface area (Å²) >= 11 is 0. The normalized spacial score (nSPS) is 11.1. The first-order valence-electron chi connectivity index (χ1n) is 7.33. The number of hydrogen-bond acceptors (Lipinski definition) is 1. The lowest BCUT2D eigenvalue weighted by molar-refractivity contribution is 0.0981. The molecule has 1 aromatic carbocycles. The van der Waals surface area contributed by atoms with Gasteiger partial charge in [-0.1, -0.05) is 44.2 Å². The quantitative estimate of drug-likeness (QED) is 0.548. The molecule has 102 valence electrons. The number of aryl methyl sites for hydroxylation is 1. The molecule has 19 heavy (non-hydrogen) atoms. The van der Waals surface area contributed by atoms with Gasteiger partial charge in [-0.05, 0) is 25.5 Å². The van der Waals surface area contributed by atoms with E-state index in [0.717, 1.165) is 22.9 Å². The molecule has 2 heteroatoms. The smallest absolute Gasteiger partial charge is 0.165 e. The molecular weight excluding hydrogens is 234 g/mol. The summed E-state index contributed by atoms with van der Waals surface area (Å²) in [6.45, 7) is 4.27. The van der Waals surface area contributed by atoms with Crippen LogP contribution in [0.4, 0.5) is 0 Å². The van der Waals surface area contributed by atoms with Crippen LogP contribution in [0.5, 0.6) is 0 Å². The van der Waals surface area contributed by atoms with E-state index >= 15 is 0 Å². The zero-order valence-electron chi connectivity index (χ0n) is 12.0. The molecule has 0 spiro atoms. The number of rotatable bonds is 7. The van der Waals surface area contributed by atoms with E-state index < -0.39 is 0 Å². The predicted molar refractivity (Wildman–Crippen MR) is 80.7 cm³/mol. The Morgan fingerprint density at radius 2 is 1.95 bits per heavy atom. The van der Waals surface area contributed by atoms with Gasteiger partial charge < -0.3 is 4.98 Å². The van der Waals surface area contributed by atoms with E-state index in [1.807, 2.05) is 12.3 Å². The highest BCUT2D eigenvalue weighted by molar-refractivity contribution is 6.07. The van der Waals surface area contributed by atoms with E-state index in [9.17, 15) is 4.79 Å². The van der Waals surface area contributed by atoms with Crippen LogP contribution in [0.2, 0.25) is 0 Å². The lowest BCUT2D eigenvalue weighted by Crippen LogP contribution is -1.97. The van der Waals surface area contributed by atoms with Gasteiger partial charge in [0.1, 0.15) is 0 Å². The van der Waals surface area contributed by atoms with Crippen LogP contribution in [0, 0.1) is 6.92 Å². The molecule has 0 amide bonds. The van der Waals surface area contributed by atoms with Gasteiger partial charge in [0.25, 0.3) is 0 Å². The summed E-state index contributed by atoms with van der Waals surface area (Å²) in [5.41, 5.74) is 3.11. The molecule has 0 radical (unpaired) electrons. The molecule has 2 aromatic rings. The molecule has 0 saturated carbocycles. The monoisotopic (exact) mass is 257 g/mol. The van der Waals surface area contributed by atoms with Gasteiger partial charge >= 0.3 is 0 Å². The van der Waals surface area contributed by atoms with Crippen LogP contribution >= 0.6 is 0 Å². The number of carbonyl (C=O) groups excluding carboxylic acids is 1. The maximum atomic E-state index is 12.2. The van der Waals surface area contributed by atoms with Crippen LogP contribution < -0.4 is 0 Å². The Hall–Kier alpha value is -1.57. The van der Waals surface area contributed by atoms with E-state index in [2.05, 4.69) is 31.0 Å². The largest absolute Gasteiger partial charge is 0.360 e. The van der Waals surface area contributed by atoms with E-state index in [-0.39, 0.29) is 5.78 Å². The van der Waals surface area contributed by atoms with E-state index in [0.29, 0.717) is 6.42 Å². The van der Waals surface area contributed by atoms with Crippen LogP contribution in [0.3, 0.4) is 0 Å². The zero-order chi connectivity index (χ0) is 13.7. The number of aromatic amines is 1. The van der Waals surface area contributed by atoms with Crippen LogP contribution in [0.15, 0.2) is 24.4 Å². The third-order valence-electron chi connectivity index (χ3n) is 3.65. The first-order chi connectivity index (χ1) is 9.22. The third-order valence-corrected chi connectivity index (χ3v) is 3.65. The Morgan fingerprint density at radius 1 is 1.16 bits per heavy atom. The van der Waals surface area contributed by atoms with Gasteiger partial charge in [0, 0.05) is 29.1 Å². The summed E-state index contributed by atoms with van der Waals surface area (Å²) in [5.74, 6) is 0.272. The van der Waals surface area contributed by atoms with Crippen molar-refractivity contribution < 1.29 is 4.79 Å². The molecule has 0 fully saturated rings. The molecule has 1 aromatic heterocycles. The summed E-state index contributed by atoms with van der Waals surface area (Å²) in [7, 11) is 0. The Bertz CT molecular complexity index is 553. The van der Waals surface area contributed by atoms with Gasteiger partial charge in [0.15, 0.2) is 5.78 Å². The van der Waals surface area contributed by atoms with Crippen molar-refractivity contribution in [3.63, 3.8) is 0 Å². The SMILES string of the molecule is CCCCCCCC(=O)c1c[nH]c2ccc(C)cc12. The summed E-state index contributed by atoms with van der Waals surface area (Å²) in [4.78, 5) is 15.4. The van der Waals surface area contributed by atoms with E-state index in [1.165, 1.54) is 31.2 Å². The Kier molecular flexibility index (Phi) is 4.78. The van der Waals surface area contributed by atoms with Crippen LogP contribution in [0.1, 0.15) is 61.4 Å². The number of carbonyl (C=O) groups is 1. The maximum Gasteiger partial charge on any atom is 0.165 e. The highest BCUT2D eigenvalue weighted by atomic mass is 16.1. The van der Waals surface area contributed by atoms with Gasteiger partial charge in [-0.3, -0.25) is 4.79 Å². The topological polar surface area (TPSA) is 32.9 Å². The first kappa shape index (κ1) is 13.9. The minimum Gasteiger partial charge on any atom is -0.360 e. The third kappa shape index (κ3) is 3.46. The van der Waals surface area contributed by atoms with Crippen molar-refractivity contribution in [3.05, 3.63) is 35.5 Å². The fraction of sp³-hybridized carbons (Fsp3) is 0.471. The highest BCUT2D eigenvalue weighted by Crippen LogP contribution is 2.21. The summed E-state index contributed by atoms with van der Waals surface area (Å²) in [6, 6.07) is 6.21. The molecule has 0 aliphatic heterocycles. The van der Waals surface area contributed by atoms with Crippen LogP contribution in [-0.2, 0) is 0 Å². The minimum absolute atomic E-state index is 0.272. The molecule has 0 atom stereocenters. The lowest BCUT2D eigenvalue weighted by atomic mass is 10.0. The second-order valence-corrected chi connectivity index (χ2v) is 5.34. The van der Waals surface area contributed by atoms with Gasteiger partial charge in [0.2, 0.25) is 0 Å². The van der Waals surface area contributed by atoms with Crippen LogP contribution in [0.25, 0.3) is 10.9 Å². The summed E-state index contributed by atoms with van der Waals surface area (Å²) in [6.07, 6.45) is 8.48. The number of nitrogens with one attached hydrogen (secondary N) is 1. The molecule has 0 aliphatic rings. The number of Topliss-reactive ketones (excluding diaryl/α,β-unsaturated/α-hetero) is 1. The second-order valence-electron chi connectivity index (χ2n) is 5.34. The number of benzene rings is 1. The Balaban J connectivity index is 1.99. The van der Waals surface area contributed by atoms with Gasteiger partial charge in [-0.15, -0.1) is 0 Å². The molecule has 0 saturated heterocycles. The molecule has 2 rings (SSSR count). The van der Waals surface area contributed by atoms with Crippen molar-refractivity contribution in [2.45, 2.75) is 52.4 Å². The number of fused-ring (bicyclic) bond motifs is 1. The molecular formula is C17H23NO. The molecule has 0 bridgehead atoms. The lowest BCUT2D eigenvalue weighted by Gasteiger charge is -2.01. The Morgan fingerprint density at radius 3 is 2.74 bits per heavy atom. The fourth-order valence-electron chi connectivity index (χ4n) is 2.49. The molecule has 0 aliphatic carbocycles. The van der Waals surface area contributed by atoms with Gasteiger partial charge in [0.05, 0.1) is 0 Å². The zero-order valence-corrected chi connectivity index (χ0v) is 12.0. The highest BCUT2D eigenvalue weighted by Gasteiger charge is 2.11. The average Bonchev–Trinajstić information content (AvgIpc) is 2.81. The Labute approximate surface area is 115 Å². The number of hydrogen-bond donors (Lipinski definition) is 1. The number of aromatic nitrogens is 1. The van der Waals surface area contributed by atoms with Crippen molar-refractivity contribution in [2.75, 3.05) is 0 Å². The first-order valence-corrected chi connectivity index (χ1v) is 7.33. The maximum absolute atomic E-state index is 12.2. The number of unbranched alkanes of at least 4 members (excludes halogenated alkanes) is 4. The molecule has 2 nitrogen and oxygen atoms in total. The standard InChI is InChI=1S/C17H23NO/c1-3-4-5-6-7-8-17(19)15-12-18-16-10-9-13(2)11-14(15)16/h9-12,18H,3-8H2,1-2H3. The minimum atomic E-state index is 0.272. The van der Waals surface area contributed by atoms with E-state index in [1.54, 1.807) is 0 Å². The summed E-state index contributed by atoms with van der Waals surface area (Å²) < 4.78 is 0. The number of H-pyrrole nitrogens is 1. The summed E-state index contributed by atoms with van der Waals surface area (Å²) in [5, 5.41) is 1.07. The van der Waals surface area contributed by atoms with Crippen molar-refractivity contribution in [1.82, 2.24) is 4.98 Å². The van der Waals surface area contributed by atoms with Gasteiger partial charge in [-0.2, -0.15) is 0 Å². The van der Waals surface area contributed by atoms with Crippen molar-refractivity contribution in [2.24, 2.45) is 0 Å². The fourth-order valence-corrected chi connectivity index (χ4v) is 2.49. The van der Waals surface area contributed by atoms with E-state index in [4.69, 9.17) is 0 Å². The van der Waals surface area contributed by atoms with Crippen LogP contribution in [-0.4, -0.2) is 10.8 Å². The predicted octanol–water partition coefficient (Wildman–Crippen LogP) is 5.02. The van der Waals surface area contributed by atoms with Crippen molar-refractivity contribution >= 4 is 16.7 Å². The molecule has 0 unspecified atom stereocenters. The van der Waals surface area contributed by atoms with Crippen molar-refractivity contribution in [1.29, 1.82) is 0 Å². The van der Waals surface area contributed by atoms with Crippen molar-refractivity contribution in [3.8, 4) is 0 Å². The van der Waals surface area contributed by atoms with Gasteiger partial charge in [-0.25, -0.2) is 0 Å². The second kappa shape index (κ2) is 6.55.